The van der Waals surface area contributed by atoms with E-state index in [0.29, 0.717) is 10.9 Å². The number of amides is 3. The zero-order valence-corrected chi connectivity index (χ0v) is 15.2. The van der Waals surface area contributed by atoms with E-state index in [4.69, 9.17) is 5.73 Å². The van der Waals surface area contributed by atoms with Gasteiger partial charge in [0, 0.05) is 18.5 Å². The number of nitrogens with one attached hydrogen (secondary N) is 3. The van der Waals surface area contributed by atoms with Crippen molar-refractivity contribution in [1.82, 2.24) is 20.5 Å². The van der Waals surface area contributed by atoms with Crippen molar-refractivity contribution in [3.8, 4) is 0 Å². The molecule has 0 aliphatic carbocycles. The topological polar surface area (TPSA) is 148 Å². The first-order valence-corrected chi connectivity index (χ1v) is 8.65. The van der Waals surface area contributed by atoms with Crippen molar-refractivity contribution in [2.24, 2.45) is 0 Å². The summed E-state index contributed by atoms with van der Waals surface area (Å²) in [6, 6.07) is 13.1. The van der Waals surface area contributed by atoms with Crippen molar-refractivity contribution >= 4 is 34.3 Å². The summed E-state index contributed by atoms with van der Waals surface area (Å²) in [6.45, 7) is 0. The number of anilines is 1. The lowest BCUT2D eigenvalue weighted by Crippen LogP contribution is -2.42. The van der Waals surface area contributed by atoms with Crippen molar-refractivity contribution in [2.45, 2.75) is 12.8 Å². The van der Waals surface area contributed by atoms with Crippen molar-refractivity contribution in [3.05, 3.63) is 70.8 Å². The molecule has 0 saturated heterocycles. The van der Waals surface area contributed by atoms with Gasteiger partial charge < -0.3 is 5.73 Å². The number of rotatable bonds is 5. The summed E-state index contributed by atoms with van der Waals surface area (Å²) in [6.07, 6.45) is 0.799. The van der Waals surface area contributed by atoms with E-state index in [-0.39, 0.29) is 24.1 Å². The Morgan fingerprint density at radius 1 is 0.931 bits per heavy atom. The molecule has 0 bridgehead atoms. The Balaban J connectivity index is 1.50. The lowest BCUT2D eigenvalue weighted by atomic mass is 10.2. The Labute approximate surface area is 164 Å². The van der Waals surface area contributed by atoms with Gasteiger partial charge >= 0.3 is 0 Å². The number of nitrogens with two attached hydrogens (primary N) is 1. The van der Waals surface area contributed by atoms with Gasteiger partial charge in [0.2, 0.25) is 11.8 Å². The molecule has 148 valence electrons. The van der Waals surface area contributed by atoms with E-state index in [1.54, 1.807) is 42.5 Å². The van der Waals surface area contributed by atoms with Crippen LogP contribution in [-0.2, 0) is 9.59 Å². The van der Waals surface area contributed by atoms with Gasteiger partial charge in [-0.2, -0.15) is 0 Å². The summed E-state index contributed by atoms with van der Waals surface area (Å²) in [7, 11) is 0. The SMILES string of the molecule is Nc1ccccc1C(=O)NNC(=O)CCC(=O)Nn1cnc2ccccc2c1=O. The van der Waals surface area contributed by atoms with Gasteiger partial charge in [0.25, 0.3) is 11.5 Å². The monoisotopic (exact) mass is 394 g/mol. The first kappa shape index (κ1) is 19.5. The van der Waals surface area contributed by atoms with Crippen LogP contribution in [0.1, 0.15) is 23.2 Å². The van der Waals surface area contributed by atoms with Crippen LogP contribution in [0, 0.1) is 0 Å². The third kappa shape index (κ3) is 4.75. The van der Waals surface area contributed by atoms with Crippen LogP contribution in [-0.4, -0.2) is 27.4 Å². The quantitative estimate of drug-likeness (QED) is 0.361. The van der Waals surface area contributed by atoms with Crippen molar-refractivity contribution < 1.29 is 14.4 Å². The maximum Gasteiger partial charge on any atom is 0.280 e. The molecule has 0 aliphatic heterocycles. The van der Waals surface area contributed by atoms with E-state index in [0.717, 1.165) is 4.68 Å². The number of hydrogen-bond acceptors (Lipinski definition) is 6. The van der Waals surface area contributed by atoms with Gasteiger partial charge in [-0.15, -0.1) is 0 Å². The number of carbonyl (C=O) groups excluding carboxylic acids is 3. The number of benzene rings is 2. The van der Waals surface area contributed by atoms with Crippen molar-refractivity contribution in [1.29, 1.82) is 0 Å². The Bertz CT molecular complexity index is 1140. The molecule has 0 saturated carbocycles. The van der Waals surface area contributed by atoms with Crippen LogP contribution in [0.2, 0.25) is 0 Å². The predicted molar refractivity (Wildman–Crippen MR) is 106 cm³/mol. The summed E-state index contributed by atoms with van der Waals surface area (Å²) in [5, 5.41) is 0.357. The van der Waals surface area contributed by atoms with Crippen LogP contribution in [0.25, 0.3) is 10.9 Å². The number of aromatic nitrogens is 2. The molecule has 10 heteroatoms. The van der Waals surface area contributed by atoms with Crippen molar-refractivity contribution in [3.63, 3.8) is 0 Å². The lowest BCUT2D eigenvalue weighted by Gasteiger charge is -2.10. The average Bonchev–Trinajstić information content (AvgIpc) is 2.73. The fourth-order valence-corrected chi connectivity index (χ4v) is 2.53. The van der Waals surface area contributed by atoms with Gasteiger partial charge in [-0.25, -0.2) is 9.66 Å². The third-order valence-corrected chi connectivity index (χ3v) is 4.01. The van der Waals surface area contributed by atoms with Gasteiger partial charge in [0.15, 0.2) is 0 Å². The summed E-state index contributed by atoms with van der Waals surface area (Å²) in [5.74, 6) is -1.71. The molecule has 5 N–H and O–H groups in total. The van der Waals surface area contributed by atoms with E-state index < -0.39 is 23.3 Å². The zero-order valence-electron chi connectivity index (χ0n) is 15.2. The molecule has 0 fully saturated rings. The third-order valence-electron chi connectivity index (χ3n) is 4.01. The van der Waals surface area contributed by atoms with E-state index in [2.05, 4.69) is 21.3 Å². The van der Waals surface area contributed by atoms with Crippen molar-refractivity contribution in [2.75, 3.05) is 11.2 Å². The Morgan fingerprint density at radius 3 is 2.41 bits per heavy atom. The highest BCUT2D eigenvalue weighted by Gasteiger charge is 2.12. The largest absolute Gasteiger partial charge is 0.398 e. The van der Waals surface area contributed by atoms with E-state index >= 15 is 0 Å². The molecule has 0 radical (unpaired) electrons. The predicted octanol–water partition coefficient (Wildman–Crippen LogP) is 0.290. The second-order valence-corrected chi connectivity index (χ2v) is 6.06. The zero-order chi connectivity index (χ0) is 20.8. The average molecular weight is 394 g/mol. The molecule has 1 heterocycles. The summed E-state index contributed by atoms with van der Waals surface area (Å²) >= 11 is 0. The first-order valence-electron chi connectivity index (χ1n) is 8.65. The highest BCUT2D eigenvalue weighted by Crippen LogP contribution is 2.09. The molecular formula is C19H18N6O4. The normalized spacial score (nSPS) is 10.3. The highest BCUT2D eigenvalue weighted by molar-refractivity contribution is 6.00. The first-order chi connectivity index (χ1) is 14.0. The van der Waals surface area contributed by atoms with Gasteiger partial charge in [0.1, 0.15) is 6.33 Å². The molecule has 3 rings (SSSR count). The fraction of sp³-hybridized carbons (Fsp3) is 0.105. The minimum atomic E-state index is -0.577. The minimum Gasteiger partial charge on any atom is -0.398 e. The molecule has 0 spiro atoms. The lowest BCUT2D eigenvalue weighted by molar-refractivity contribution is -0.125. The molecule has 29 heavy (non-hydrogen) atoms. The fourth-order valence-electron chi connectivity index (χ4n) is 2.53. The van der Waals surface area contributed by atoms with Crippen LogP contribution in [0.15, 0.2) is 59.7 Å². The second-order valence-electron chi connectivity index (χ2n) is 6.06. The van der Waals surface area contributed by atoms with Gasteiger partial charge in [0.05, 0.1) is 16.5 Å². The van der Waals surface area contributed by atoms with Crippen LogP contribution in [0.3, 0.4) is 0 Å². The highest BCUT2D eigenvalue weighted by atomic mass is 16.2. The number of para-hydroxylation sites is 2. The number of fused-ring (bicyclic) bond motifs is 1. The Kier molecular flexibility index (Phi) is 5.83. The number of hydrogen-bond donors (Lipinski definition) is 4. The van der Waals surface area contributed by atoms with E-state index in [1.807, 2.05) is 0 Å². The summed E-state index contributed by atoms with van der Waals surface area (Å²) < 4.78 is 0.961. The molecular weight excluding hydrogens is 376 g/mol. The van der Waals surface area contributed by atoms with Gasteiger partial charge in [-0.05, 0) is 24.3 Å². The Hall–Kier alpha value is -4.21. The van der Waals surface area contributed by atoms with Crippen LogP contribution in [0.5, 0.6) is 0 Å². The van der Waals surface area contributed by atoms with E-state index in [9.17, 15) is 19.2 Å². The summed E-state index contributed by atoms with van der Waals surface area (Å²) in [4.78, 5) is 52.2. The molecule has 0 unspecified atom stereocenters. The number of nitrogens with zero attached hydrogens (tertiary/aromatic N) is 2. The number of hydrazine groups is 1. The van der Waals surface area contributed by atoms with Crippen LogP contribution < -0.4 is 27.6 Å². The molecule has 3 amide bonds. The summed E-state index contributed by atoms with van der Waals surface area (Å²) in [5.41, 5.74) is 13.1. The van der Waals surface area contributed by atoms with Gasteiger partial charge in [-0.1, -0.05) is 24.3 Å². The molecule has 0 aliphatic rings. The smallest absolute Gasteiger partial charge is 0.280 e. The Morgan fingerprint density at radius 2 is 1.62 bits per heavy atom. The van der Waals surface area contributed by atoms with Gasteiger partial charge in [-0.3, -0.25) is 35.5 Å². The molecule has 3 aromatic rings. The molecule has 10 nitrogen and oxygen atoms in total. The standard InChI is InChI=1S/C19H18N6O4/c20-14-7-3-1-5-12(14)18(28)23-22-16(26)9-10-17(27)24-25-11-21-15-8-4-2-6-13(15)19(25)29/h1-8,11H,9-10,20H2,(H,22,26)(H,23,28)(H,24,27). The number of carbonyl (C=O) groups is 3. The maximum absolute atomic E-state index is 12.3. The molecule has 0 atom stereocenters. The minimum absolute atomic E-state index is 0.200. The molecule has 2 aromatic carbocycles. The number of nitrogen functional groups attached to an aromatic ring is 1. The maximum atomic E-state index is 12.3. The molecule has 1 aromatic heterocycles. The van der Waals surface area contributed by atoms with Crippen LogP contribution in [0.4, 0.5) is 5.69 Å². The van der Waals surface area contributed by atoms with Crippen LogP contribution >= 0.6 is 0 Å². The second kappa shape index (κ2) is 8.65. The van der Waals surface area contributed by atoms with E-state index in [1.165, 1.54) is 12.4 Å².